The van der Waals surface area contributed by atoms with Crippen molar-refractivity contribution < 1.29 is 13.2 Å². The molecule has 2 fully saturated rings. The van der Waals surface area contributed by atoms with Gasteiger partial charge in [0, 0.05) is 31.7 Å². The second kappa shape index (κ2) is 8.63. The molecule has 1 amide bonds. The predicted molar refractivity (Wildman–Crippen MR) is 120 cm³/mol. The zero-order valence-corrected chi connectivity index (χ0v) is 18.7. The van der Waals surface area contributed by atoms with Crippen molar-refractivity contribution in [2.24, 2.45) is 0 Å². The fraction of sp³-hybridized carbons (Fsp3) is 0.435. The molecule has 32 heavy (non-hydrogen) atoms. The molecule has 0 N–H and O–H groups in total. The van der Waals surface area contributed by atoms with Crippen molar-refractivity contribution >= 4 is 21.6 Å². The number of hydrogen-bond acceptors (Lipinski definition) is 5. The first-order valence-corrected chi connectivity index (χ1v) is 12.6. The molecule has 2 unspecified atom stereocenters. The van der Waals surface area contributed by atoms with Gasteiger partial charge in [-0.25, -0.2) is 8.42 Å². The van der Waals surface area contributed by atoms with E-state index in [0.29, 0.717) is 26.1 Å². The minimum atomic E-state index is -3.72. The maximum absolute atomic E-state index is 13.6. The second-order valence-electron chi connectivity index (χ2n) is 8.55. The number of carbonyl (C=O) groups excluding carboxylic acids is 1. The summed E-state index contributed by atoms with van der Waals surface area (Å²) < 4.78 is 30.0. The summed E-state index contributed by atoms with van der Waals surface area (Å²) in [5, 5.41) is 8.64. The molecule has 5 rings (SSSR count). The van der Waals surface area contributed by atoms with Gasteiger partial charge in [-0.15, -0.1) is 10.2 Å². The minimum Gasteiger partial charge on any atom is -0.341 e. The first-order chi connectivity index (χ1) is 15.6. The van der Waals surface area contributed by atoms with Gasteiger partial charge in [0.15, 0.2) is 5.65 Å². The highest BCUT2D eigenvalue weighted by molar-refractivity contribution is 7.89. The average molecular weight is 454 g/mol. The quantitative estimate of drug-likeness (QED) is 0.606. The predicted octanol–water partition coefficient (Wildman–Crippen LogP) is 2.68. The molecule has 0 aliphatic carbocycles. The normalized spacial score (nSPS) is 22.8. The van der Waals surface area contributed by atoms with Crippen LogP contribution >= 0.6 is 0 Å². The van der Waals surface area contributed by atoms with E-state index in [1.54, 1.807) is 30.3 Å². The third kappa shape index (κ3) is 3.80. The molecule has 2 aliphatic heterocycles. The molecule has 168 valence electrons. The summed E-state index contributed by atoms with van der Waals surface area (Å²) >= 11 is 0. The average Bonchev–Trinajstić information content (AvgIpc) is 3.28. The third-order valence-electron chi connectivity index (χ3n) is 6.53. The van der Waals surface area contributed by atoms with Crippen molar-refractivity contribution in [2.45, 2.75) is 49.0 Å². The van der Waals surface area contributed by atoms with Crippen LogP contribution < -0.4 is 0 Å². The van der Waals surface area contributed by atoms with Crippen LogP contribution in [0.25, 0.3) is 5.65 Å². The Balaban J connectivity index is 1.38. The molecular formula is C23H27N5O3S. The van der Waals surface area contributed by atoms with Gasteiger partial charge < -0.3 is 4.90 Å². The number of carbonyl (C=O) groups is 1. The van der Waals surface area contributed by atoms with Crippen LogP contribution in [0.2, 0.25) is 0 Å². The van der Waals surface area contributed by atoms with Crippen molar-refractivity contribution in [2.75, 3.05) is 19.6 Å². The zero-order chi connectivity index (χ0) is 22.1. The Morgan fingerprint density at radius 3 is 2.56 bits per heavy atom. The Hall–Kier alpha value is -2.78. The number of pyridine rings is 1. The first kappa shape index (κ1) is 21.1. The summed E-state index contributed by atoms with van der Waals surface area (Å²) in [4.78, 5) is 15.7. The van der Waals surface area contributed by atoms with Gasteiger partial charge in [-0.1, -0.05) is 30.7 Å². The number of amides is 1. The molecule has 8 nitrogen and oxygen atoms in total. The van der Waals surface area contributed by atoms with Gasteiger partial charge in [0.25, 0.3) is 0 Å². The smallest absolute Gasteiger partial charge is 0.243 e. The van der Waals surface area contributed by atoms with E-state index < -0.39 is 16.1 Å². The number of rotatable bonds is 4. The molecule has 0 radical (unpaired) electrons. The number of piperidine rings is 2. The van der Waals surface area contributed by atoms with Gasteiger partial charge in [-0.2, -0.15) is 4.31 Å². The van der Waals surface area contributed by atoms with Crippen LogP contribution in [0.4, 0.5) is 0 Å². The lowest BCUT2D eigenvalue weighted by molar-refractivity contribution is -0.137. The van der Waals surface area contributed by atoms with Gasteiger partial charge in [0.05, 0.1) is 4.90 Å². The van der Waals surface area contributed by atoms with E-state index in [-0.39, 0.29) is 16.7 Å². The summed E-state index contributed by atoms with van der Waals surface area (Å²) in [6.45, 7) is 1.55. The summed E-state index contributed by atoms with van der Waals surface area (Å²) in [6.07, 6.45) is 5.90. The van der Waals surface area contributed by atoms with E-state index in [9.17, 15) is 13.2 Å². The molecule has 3 aromatic rings. The number of nitrogens with zero attached hydrogens (tertiary/aromatic N) is 5. The van der Waals surface area contributed by atoms with Crippen LogP contribution in [0.3, 0.4) is 0 Å². The van der Waals surface area contributed by atoms with Crippen LogP contribution in [0.5, 0.6) is 0 Å². The monoisotopic (exact) mass is 453 g/mol. The molecule has 9 heteroatoms. The standard InChI is InChI=1S/C23H27N5O3S/c29-23(20-12-4-7-16-28(20)32(30,31)19-10-2-1-3-11-19)26-14-8-9-18(17-26)22-25-24-21-13-5-6-15-27(21)22/h1-3,5-6,10-11,13,15,18,20H,4,7-9,12,14,16-17H2. The third-order valence-corrected chi connectivity index (χ3v) is 8.45. The molecule has 0 saturated carbocycles. The van der Waals surface area contributed by atoms with E-state index in [4.69, 9.17) is 0 Å². The Kier molecular flexibility index (Phi) is 5.69. The van der Waals surface area contributed by atoms with E-state index in [1.807, 2.05) is 33.7 Å². The van der Waals surface area contributed by atoms with Crippen LogP contribution in [0, 0.1) is 0 Å². The van der Waals surface area contributed by atoms with Crippen molar-refractivity contribution in [1.82, 2.24) is 23.8 Å². The van der Waals surface area contributed by atoms with E-state index in [1.165, 1.54) is 4.31 Å². The summed E-state index contributed by atoms with van der Waals surface area (Å²) in [7, 11) is -3.72. The van der Waals surface area contributed by atoms with Crippen molar-refractivity contribution in [1.29, 1.82) is 0 Å². The highest BCUT2D eigenvalue weighted by Crippen LogP contribution is 2.30. The number of fused-ring (bicyclic) bond motifs is 1. The van der Waals surface area contributed by atoms with Crippen molar-refractivity contribution in [3.8, 4) is 0 Å². The molecule has 0 bridgehead atoms. The second-order valence-corrected chi connectivity index (χ2v) is 10.4. The van der Waals surface area contributed by atoms with Gasteiger partial charge in [-0.3, -0.25) is 9.20 Å². The first-order valence-electron chi connectivity index (χ1n) is 11.2. The van der Waals surface area contributed by atoms with Crippen LogP contribution in [0.15, 0.2) is 59.6 Å². The van der Waals surface area contributed by atoms with Crippen molar-refractivity contribution in [3.63, 3.8) is 0 Å². The number of sulfonamides is 1. The van der Waals surface area contributed by atoms with Crippen molar-refractivity contribution in [3.05, 3.63) is 60.6 Å². The molecule has 2 atom stereocenters. The fourth-order valence-electron chi connectivity index (χ4n) is 4.90. The molecular weight excluding hydrogens is 426 g/mol. The Morgan fingerprint density at radius 2 is 1.72 bits per heavy atom. The molecule has 2 aromatic heterocycles. The largest absolute Gasteiger partial charge is 0.341 e. The number of likely N-dealkylation sites (tertiary alicyclic amines) is 1. The Morgan fingerprint density at radius 1 is 0.906 bits per heavy atom. The van der Waals surface area contributed by atoms with Gasteiger partial charge >= 0.3 is 0 Å². The number of benzene rings is 1. The zero-order valence-electron chi connectivity index (χ0n) is 17.9. The van der Waals surface area contributed by atoms with Crippen LogP contribution in [-0.2, 0) is 14.8 Å². The maximum Gasteiger partial charge on any atom is 0.243 e. The fourth-order valence-corrected chi connectivity index (χ4v) is 6.58. The molecule has 2 aliphatic rings. The summed E-state index contributed by atoms with van der Waals surface area (Å²) in [5.41, 5.74) is 0.790. The molecule has 4 heterocycles. The van der Waals surface area contributed by atoms with E-state index >= 15 is 0 Å². The molecule has 2 saturated heterocycles. The SMILES string of the molecule is O=C(C1CCCCN1S(=O)(=O)c1ccccc1)N1CCCC(c2nnc3ccccn23)C1. The van der Waals surface area contributed by atoms with Crippen LogP contribution in [0.1, 0.15) is 43.8 Å². The van der Waals surface area contributed by atoms with E-state index in [0.717, 1.165) is 37.2 Å². The Labute approximate surface area is 187 Å². The topological polar surface area (TPSA) is 87.9 Å². The van der Waals surface area contributed by atoms with Crippen LogP contribution in [-0.4, -0.2) is 63.8 Å². The Bertz CT molecular complexity index is 1210. The van der Waals surface area contributed by atoms with Gasteiger partial charge in [-0.05, 0) is 49.9 Å². The molecule has 0 spiro atoms. The van der Waals surface area contributed by atoms with Gasteiger partial charge in [0.1, 0.15) is 11.9 Å². The maximum atomic E-state index is 13.6. The lowest BCUT2D eigenvalue weighted by atomic mass is 9.95. The number of aromatic nitrogens is 3. The highest BCUT2D eigenvalue weighted by atomic mass is 32.2. The summed E-state index contributed by atoms with van der Waals surface area (Å²) in [6, 6.07) is 13.5. The minimum absolute atomic E-state index is 0.0767. The highest BCUT2D eigenvalue weighted by Gasteiger charge is 2.40. The lowest BCUT2D eigenvalue weighted by Gasteiger charge is -2.39. The number of hydrogen-bond donors (Lipinski definition) is 0. The lowest BCUT2D eigenvalue weighted by Crippen LogP contribution is -2.54. The van der Waals surface area contributed by atoms with E-state index in [2.05, 4.69) is 10.2 Å². The molecule has 1 aromatic carbocycles. The summed E-state index contributed by atoms with van der Waals surface area (Å²) in [5.74, 6) is 0.839. The van der Waals surface area contributed by atoms with Gasteiger partial charge in [0.2, 0.25) is 15.9 Å².